The van der Waals surface area contributed by atoms with Crippen molar-refractivity contribution in [2.75, 3.05) is 11.4 Å². The van der Waals surface area contributed by atoms with Crippen LogP contribution in [0.5, 0.6) is 0 Å². The van der Waals surface area contributed by atoms with Gasteiger partial charge in [0.05, 0.1) is 0 Å². The number of rotatable bonds is 10. The molecule has 2 aromatic rings. The van der Waals surface area contributed by atoms with Crippen molar-refractivity contribution in [2.24, 2.45) is 0 Å². The molecule has 0 unspecified atom stereocenters. The summed E-state index contributed by atoms with van der Waals surface area (Å²) in [6.07, 6.45) is 17.3. The van der Waals surface area contributed by atoms with Gasteiger partial charge < -0.3 is 4.90 Å². The van der Waals surface area contributed by atoms with E-state index in [1.807, 2.05) is 0 Å². The molecule has 0 saturated carbocycles. The van der Waals surface area contributed by atoms with Gasteiger partial charge in [0.2, 0.25) is 0 Å². The zero-order valence-corrected chi connectivity index (χ0v) is 17.9. The topological polar surface area (TPSA) is 3.24 Å². The number of nitrogens with zero attached hydrogens (tertiary/aromatic N) is 1. The molecule has 150 valence electrons. The third kappa shape index (κ3) is 5.50. The lowest BCUT2D eigenvalue weighted by atomic mass is 10.0. The highest BCUT2D eigenvalue weighted by molar-refractivity contribution is 5.72. The quantitative estimate of drug-likeness (QED) is 0.379. The Hall–Kier alpha value is -2.02. The minimum atomic E-state index is 1.12. The van der Waals surface area contributed by atoms with E-state index in [2.05, 4.69) is 73.4 Å². The van der Waals surface area contributed by atoms with Crippen LogP contribution < -0.4 is 4.90 Å². The number of allylic oxidation sites excluding steroid dienone is 1. The Morgan fingerprint density at radius 2 is 1.54 bits per heavy atom. The first-order valence-corrected chi connectivity index (χ1v) is 11.5. The maximum Gasteiger partial charge on any atom is 0.0443 e. The van der Waals surface area contributed by atoms with Gasteiger partial charge in [0, 0.05) is 17.9 Å². The van der Waals surface area contributed by atoms with Crippen molar-refractivity contribution in [3.8, 4) is 0 Å². The van der Waals surface area contributed by atoms with E-state index in [1.54, 1.807) is 0 Å². The molecule has 1 aliphatic heterocycles. The normalized spacial score (nSPS) is 13.4. The summed E-state index contributed by atoms with van der Waals surface area (Å²) in [7, 11) is 0. The van der Waals surface area contributed by atoms with Gasteiger partial charge in [-0.15, -0.1) is 0 Å². The molecular weight excluding hydrogens is 338 g/mol. The Labute approximate surface area is 172 Å². The second-order valence-electron chi connectivity index (χ2n) is 8.13. The maximum absolute atomic E-state index is 2.59. The van der Waals surface area contributed by atoms with Crippen LogP contribution >= 0.6 is 0 Å². The highest BCUT2D eigenvalue weighted by Crippen LogP contribution is 2.36. The number of hydrogen-bond donors (Lipinski definition) is 0. The van der Waals surface area contributed by atoms with Gasteiger partial charge in [0.1, 0.15) is 0 Å². The minimum absolute atomic E-state index is 1.12. The van der Waals surface area contributed by atoms with Crippen LogP contribution in [-0.2, 0) is 12.8 Å². The highest BCUT2D eigenvalue weighted by Gasteiger charge is 2.20. The highest BCUT2D eigenvalue weighted by atomic mass is 15.1. The van der Waals surface area contributed by atoms with E-state index in [4.69, 9.17) is 0 Å². The summed E-state index contributed by atoms with van der Waals surface area (Å²) in [5.74, 6) is 0. The Bertz CT molecular complexity index is 759. The van der Waals surface area contributed by atoms with Gasteiger partial charge in [-0.05, 0) is 67.0 Å². The second-order valence-corrected chi connectivity index (χ2v) is 8.13. The molecule has 3 rings (SSSR count). The summed E-state index contributed by atoms with van der Waals surface area (Å²) in [6.45, 7) is 5.67. The van der Waals surface area contributed by atoms with Crippen LogP contribution in [0.25, 0.3) is 6.08 Å². The van der Waals surface area contributed by atoms with Gasteiger partial charge in [0.25, 0.3) is 0 Å². The van der Waals surface area contributed by atoms with E-state index in [0.717, 1.165) is 19.4 Å². The lowest BCUT2D eigenvalue weighted by molar-refractivity contribution is 0.668. The Balaban J connectivity index is 1.80. The summed E-state index contributed by atoms with van der Waals surface area (Å²) in [4.78, 5) is 2.59. The molecule has 0 radical (unpaired) electrons. The Kier molecular flexibility index (Phi) is 8.21. The number of unbranched alkanes of at least 4 members (excludes halogenated alkanes) is 6. The summed E-state index contributed by atoms with van der Waals surface area (Å²) < 4.78 is 0. The molecule has 2 aromatic carbocycles. The molecule has 0 atom stereocenters. The van der Waals surface area contributed by atoms with Gasteiger partial charge in [-0.3, -0.25) is 0 Å². The number of fused-ring (bicyclic) bond motifs is 2. The zero-order chi connectivity index (χ0) is 19.6. The lowest BCUT2D eigenvalue weighted by Crippen LogP contribution is -2.19. The van der Waals surface area contributed by atoms with Crippen molar-refractivity contribution in [2.45, 2.75) is 78.1 Å². The number of anilines is 2. The average molecular weight is 376 g/mol. The monoisotopic (exact) mass is 375 g/mol. The number of para-hydroxylation sites is 1. The van der Waals surface area contributed by atoms with Gasteiger partial charge in [-0.25, -0.2) is 0 Å². The van der Waals surface area contributed by atoms with Crippen molar-refractivity contribution >= 4 is 17.5 Å². The van der Waals surface area contributed by atoms with Crippen molar-refractivity contribution in [1.82, 2.24) is 0 Å². The largest absolute Gasteiger partial charge is 0.341 e. The minimum Gasteiger partial charge on any atom is -0.341 e. The van der Waals surface area contributed by atoms with Crippen LogP contribution in [0.1, 0.15) is 81.9 Å². The first-order chi connectivity index (χ1) is 13.8. The van der Waals surface area contributed by atoms with E-state index < -0.39 is 0 Å². The van der Waals surface area contributed by atoms with Crippen molar-refractivity contribution < 1.29 is 0 Å². The fraction of sp³-hybridized carbons (Fsp3) is 0.481. The van der Waals surface area contributed by atoms with Crippen molar-refractivity contribution in [3.63, 3.8) is 0 Å². The molecule has 0 fully saturated rings. The van der Waals surface area contributed by atoms with E-state index in [-0.39, 0.29) is 0 Å². The molecule has 28 heavy (non-hydrogen) atoms. The standard InChI is InChI=1S/C27H37N/c1-3-5-7-9-10-14-23-17-20-27-25(22-23)19-18-24-15-11-12-16-26(24)28(27)21-13-8-6-4-2/h10-12,14-17,20,22H,3-9,13,18-19,21H2,1-2H3/b14-10+. The lowest BCUT2D eigenvalue weighted by Gasteiger charge is -2.27. The van der Waals surface area contributed by atoms with Gasteiger partial charge in [-0.1, -0.05) is 82.4 Å². The molecule has 1 aliphatic rings. The molecule has 0 N–H and O–H groups in total. The molecule has 0 aliphatic carbocycles. The fourth-order valence-electron chi connectivity index (χ4n) is 4.23. The molecule has 0 spiro atoms. The summed E-state index contributed by atoms with van der Waals surface area (Å²) in [5, 5.41) is 0. The third-order valence-electron chi connectivity index (χ3n) is 5.86. The molecule has 0 aromatic heterocycles. The van der Waals surface area contributed by atoms with Crippen LogP contribution in [0.2, 0.25) is 0 Å². The predicted molar refractivity (Wildman–Crippen MR) is 125 cm³/mol. The van der Waals surface area contributed by atoms with Gasteiger partial charge in [0.15, 0.2) is 0 Å². The molecule has 1 nitrogen and oxygen atoms in total. The van der Waals surface area contributed by atoms with Gasteiger partial charge in [-0.2, -0.15) is 0 Å². The molecule has 0 amide bonds. The van der Waals surface area contributed by atoms with E-state index in [9.17, 15) is 0 Å². The smallest absolute Gasteiger partial charge is 0.0443 e. The molecule has 0 bridgehead atoms. The first kappa shape index (κ1) is 20.7. The summed E-state index contributed by atoms with van der Waals surface area (Å²) in [5.41, 5.74) is 7.19. The predicted octanol–water partition coefficient (Wildman–Crippen LogP) is 8.10. The fourth-order valence-corrected chi connectivity index (χ4v) is 4.23. The molecular formula is C27H37N. The second kappa shape index (κ2) is 11.1. The third-order valence-corrected chi connectivity index (χ3v) is 5.86. The SMILES string of the molecule is CCCCC/C=C/c1ccc2c(c1)CCc1ccccc1N2CCCCCC. The maximum atomic E-state index is 2.59. The number of hydrogen-bond acceptors (Lipinski definition) is 1. The first-order valence-electron chi connectivity index (χ1n) is 11.5. The van der Waals surface area contributed by atoms with Crippen LogP contribution in [-0.4, -0.2) is 6.54 Å². The Morgan fingerprint density at radius 1 is 0.786 bits per heavy atom. The summed E-state index contributed by atoms with van der Waals surface area (Å²) in [6, 6.07) is 16.1. The zero-order valence-electron chi connectivity index (χ0n) is 17.9. The average Bonchev–Trinajstić information content (AvgIpc) is 2.88. The van der Waals surface area contributed by atoms with Crippen molar-refractivity contribution in [3.05, 3.63) is 65.2 Å². The number of benzene rings is 2. The van der Waals surface area contributed by atoms with Crippen LogP contribution in [0, 0.1) is 0 Å². The van der Waals surface area contributed by atoms with Crippen LogP contribution in [0.3, 0.4) is 0 Å². The molecule has 1 heterocycles. The molecule has 0 saturated heterocycles. The summed E-state index contributed by atoms with van der Waals surface area (Å²) >= 11 is 0. The van der Waals surface area contributed by atoms with Crippen molar-refractivity contribution in [1.29, 1.82) is 0 Å². The van der Waals surface area contributed by atoms with E-state index >= 15 is 0 Å². The molecule has 1 heteroatoms. The van der Waals surface area contributed by atoms with Gasteiger partial charge >= 0.3 is 0 Å². The van der Waals surface area contributed by atoms with Crippen LogP contribution in [0.4, 0.5) is 11.4 Å². The van der Waals surface area contributed by atoms with E-state index in [1.165, 1.54) is 79.4 Å². The van der Waals surface area contributed by atoms with Crippen LogP contribution in [0.15, 0.2) is 48.5 Å². The van der Waals surface area contributed by atoms with E-state index in [0.29, 0.717) is 0 Å². The number of aryl methyl sites for hydroxylation is 2. The Morgan fingerprint density at radius 3 is 2.39 bits per heavy atom.